The van der Waals surface area contributed by atoms with E-state index in [1.807, 2.05) is 13.8 Å². The van der Waals surface area contributed by atoms with Crippen LogP contribution >= 0.6 is 15.9 Å². The molecule has 2 amide bonds. The van der Waals surface area contributed by atoms with Gasteiger partial charge >= 0.3 is 6.09 Å². The molecule has 0 aromatic carbocycles. The fourth-order valence-electron chi connectivity index (χ4n) is 1.63. The third-order valence-electron chi connectivity index (χ3n) is 2.93. The Bertz CT molecular complexity index is 308. The van der Waals surface area contributed by atoms with E-state index in [4.69, 9.17) is 9.47 Å². The lowest BCUT2D eigenvalue weighted by Crippen LogP contribution is -2.47. The molecule has 0 saturated carbocycles. The van der Waals surface area contributed by atoms with Crippen LogP contribution < -0.4 is 0 Å². The second-order valence-corrected chi connectivity index (χ2v) is 5.43. The summed E-state index contributed by atoms with van der Waals surface area (Å²) in [6.07, 6.45) is -0.870. The number of alkyl halides is 1. The molecule has 1 rings (SSSR count). The number of carbonyl (C=O) groups excluding carboxylic acids is 2. The molecule has 0 unspecified atom stereocenters. The Morgan fingerprint density at radius 1 is 1.53 bits per heavy atom. The zero-order valence-corrected chi connectivity index (χ0v) is 12.1. The molecule has 0 bridgehead atoms. The molecule has 0 aliphatic carbocycles. The van der Waals surface area contributed by atoms with Crippen LogP contribution in [0.3, 0.4) is 0 Å². The standard InChI is InChI=1S/C11H18BrNO4/c1-6(2)8-5-17-11(15)13(8)10(14)9(12)7(3)16-4/h6-9H,5H2,1-4H3/t7-,8-,9-/m1/s1. The van der Waals surface area contributed by atoms with Gasteiger partial charge in [-0.2, -0.15) is 0 Å². The highest BCUT2D eigenvalue weighted by Gasteiger charge is 2.42. The summed E-state index contributed by atoms with van der Waals surface area (Å²) in [6.45, 7) is 5.94. The first kappa shape index (κ1) is 14.4. The van der Waals surface area contributed by atoms with Crippen LogP contribution in [0.1, 0.15) is 20.8 Å². The van der Waals surface area contributed by atoms with Crippen molar-refractivity contribution in [2.45, 2.75) is 37.7 Å². The van der Waals surface area contributed by atoms with Crippen molar-refractivity contribution in [1.82, 2.24) is 4.90 Å². The summed E-state index contributed by atoms with van der Waals surface area (Å²) in [5.41, 5.74) is 0. The predicted octanol–water partition coefficient (Wildman–Crippen LogP) is 1.79. The number of hydrogen-bond acceptors (Lipinski definition) is 4. The molecule has 1 saturated heterocycles. The van der Waals surface area contributed by atoms with Gasteiger partial charge in [0.05, 0.1) is 12.1 Å². The van der Waals surface area contributed by atoms with E-state index in [0.29, 0.717) is 0 Å². The molecule has 98 valence electrons. The Morgan fingerprint density at radius 2 is 2.12 bits per heavy atom. The van der Waals surface area contributed by atoms with Crippen LogP contribution in [0.25, 0.3) is 0 Å². The van der Waals surface area contributed by atoms with Crippen molar-refractivity contribution < 1.29 is 19.1 Å². The number of amides is 2. The van der Waals surface area contributed by atoms with Gasteiger partial charge in [-0.05, 0) is 12.8 Å². The molecule has 1 fully saturated rings. The molecule has 1 heterocycles. The Morgan fingerprint density at radius 3 is 2.59 bits per heavy atom. The number of cyclic esters (lactones) is 1. The molecule has 1 aliphatic heterocycles. The molecule has 0 aromatic heterocycles. The van der Waals surface area contributed by atoms with Crippen LogP contribution in [0.4, 0.5) is 4.79 Å². The highest BCUT2D eigenvalue weighted by atomic mass is 79.9. The molecule has 5 nitrogen and oxygen atoms in total. The summed E-state index contributed by atoms with van der Waals surface area (Å²) in [5.74, 6) is -0.136. The lowest BCUT2D eigenvalue weighted by molar-refractivity contribution is -0.131. The van der Waals surface area contributed by atoms with E-state index in [2.05, 4.69) is 15.9 Å². The lowest BCUT2D eigenvalue weighted by atomic mass is 10.0. The molecule has 6 heteroatoms. The van der Waals surface area contributed by atoms with Gasteiger partial charge in [0.1, 0.15) is 11.4 Å². The quantitative estimate of drug-likeness (QED) is 0.743. The number of ether oxygens (including phenoxy) is 2. The number of rotatable bonds is 4. The van der Waals surface area contributed by atoms with Crippen LogP contribution in [-0.2, 0) is 14.3 Å². The van der Waals surface area contributed by atoms with Crippen molar-refractivity contribution in [3.05, 3.63) is 0 Å². The second-order valence-electron chi connectivity index (χ2n) is 4.44. The van der Waals surface area contributed by atoms with Crippen molar-refractivity contribution in [2.24, 2.45) is 5.92 Å². The first-order valence-corrected chi connectivity index (χ1v) is 6.48. The van der Waals surface area contributed by atoms with E-state index in [-0.39, 0.29) is 30.6 Å². The van der Waals surface area contributed by atoms with Gasteiger partial charge < -0.3 is 9.47 Å². The number of nitrogens with zero attached hydrogens (tertiary/aromatic N) is 1. The van der Waals surface area contributed by atoms with Crippen molar-refractivity contribution in [3.8, 4) is 0 Å². The monoisotopic (exact) mass is 307 g/mol. The minimum Gasteiger partial charge on any atom is -0.447 e. The van der Waals surface area contributed by atoms with Crippen LogP contribution in [0.2, 0.25) is 0 Å². The van der Waals surface area contributed by atoms with Gasteiger partial charge in [-0.25, -0.2) is 9.69 Å². The molecule has 3 atom stereocenters. The predicted molar refractivity (Wildman–Crippen MR) is 66.0 cm³/mol. The van der Waals surface area contributed by atoms with Crippen molar-refractivity contribution >= 4 is 27.9 Å². The number of methoxy groups -OCH3 is 1. The summed E-state index contributed by atoms with van der Waals surface area (Å²) in [7, 11) is 1.52. The fourth-order valence-corrected chi connectivity index (χ4v) is 2.07. The Kier molecular flexibility index (Phi) is 4.94. The molecular formula is C11H18BrNO4. The van der Waals surface area contributed by atoms with Gasteiger partial charge in [0.2, 0.25) is 5.91 Å². The summed E-state index contributed by atoms with van der Waals surface area (Å²) < 4.78 is 10.0. The van der Waals surface area contributed by atoms with Crippen LogP contribution in [0, 0.1) is 5.92 Å². The number of carbonyl (C=O) groups is 2. The molecule has 1 aliphatic rings. The van der Waals surface area contributed by atoms with E-state index < -0.39 is 10.9 Å². The van der Waals surface area contributed by atoms with E-state index in [9.17, 15) is 9.59 Å². The third kappa shape index (κ3) is 2.98. The van der Waals surface area contributed by atoms with Crippen molar-refractivity contribution in [2.75, 3.05) is 13.7 Å². The van der Waals surface area contributed by atoms with Gasteiger partial charge in [0.25, 0.3) is 0 Å². The summed E-state index contributed by atoms with van der Waals surface area (Å²) in [5, 5.41) is 0. The van der Waals surface area contributed by atoms with E-state index in [1.54, 1.807) is 6.92 Å². The molecule has 0 radical (unpaired) electrons. The molecule has 0 spiro atoms. The van der Waals surface area contributed by atoms with Gasteiger partial charge in [-0.15, -0.1) is 0 Å². The van der Waals surface area contributed by atoms with Crippen molar-refractivity contribution in [1.29, 1.82) is 0 Å². The van der Waals surface area contributed by atoms with Gasteiger partial charge in [0.15, 0.2) is 0 Å². The molecular weight excluding hydrogens is 290 g/mol. The van der Waals surface area contributed by atoms with Gasteiger partial charge in [-0.3, -0.25) is 4.79 Å². The normalized spacial score (nSPS) is 23.8. The second kappa shape index (κ2) is 5.82. The molecule has 0 aromatic rings. The third-order valence-corrected chi connectivity index (χ3v) is 4.07. The summed E-state index contributed by atoms with van der Waals surface area (Å²) in [4.78, 5) is 24.4. The molecule has 0 N–H and O–H groups in total. The van der Waals surface area contributed by atoms with Crippen LogP contribution in [-0.4, -0.2) is 47.6 Å². The maximum atomic E-state index is 12.2. The lowest BCUT2D eigenvalue weighted by Gasteiger charge is -2.26. The highest BCUT2D eigenvalue weighted by molar-refractivity contribution is 9.10. The minimum atomic E-state index is -0.568. The van der Waals surface area contributed by atoms with E-state index in [0.717, 1.165) is 0 Å². The average Bonchev–Trinajstić information content (AvgIpc) is 2.68. The zero-order chi connectivity index (χ0) is 13.2. The van der Waals surface area contributed by atoms with Gasteiger partial charge in [-0.1, -0.05) is 29.8 Å². The topological polar surface area (TPSA) is 55.8 Å². The Labute approximate surface area is 110 Å². The first-order valence-electron chi connectivity index (χ1n) is 5.56. The van der Waals surface area contributed by atoms with E-state index >= 15 is 0 Å². The number of halogens is 1. The smallest absolute Gasteiger partial charge is 0.417 e. The average molecular weight is 308 g/mol. The zero-order valence-electron chi connectivity index (χ0n) is 10.5. The minimum absolute atomic E-state index is 0.169. The molecule has 17 heavy (non-hydrogen) atoms. The Hall–Kier alpha value is -0.620. The maximum absolute atomic E-state index is 12.2. The van der Waals surface area contributed by atoms with Crippen molar-refractivity contribution in [3.63, 3.8) is 0 Å². The highest BCUT2D eigenvalue weighted by Crippen LogP contribution is 2.23. The number of imide groups is 1. The van der Waals surface area contributed by atoms with Crippen LogP contribution in [0.15, 0.2) is 0 Å². The fraction of sp³-hybridized carbons (Fsp3) is 0.818. The largest absolute Gasteiger partial charge is 0.447 e. The Balaban J connectivity index is 2.82. The van der Waals surface area contributed by atoms with E-state index in [1.165, 1.54) is 12.0 Å². The number of hydrogen-bond donors (Lipinski definition) is 0. The summed E-state index contributed by atoms with van der Waals surface area (Å²) >= 11 is 3.26. The SMILES string of the molecule is CO[C@H](C)[C@@H](Br)C(=O)N1C(=O)OC[C@@H]1C(C)C. The first-order chi connectivity index (χ1) is 7.90. The van der Waals surface area contributed by atoms with Gasteiger partial charge in [0, 0.05) is 7.11 Å². The summed E-state index contributed by atoms with van der Waals surface area (Å²) in [6, 6.07) is -0.195. The van der Waals surface area contributed by atoms with Crippen LogP contribution in [0.5, 0.6) is 0 Å². The maximum Gasteiger partial charge on any atom is 0.417 e.